The van der Waals surface area contributed by atoms with E-state index in [1.807, 2.05) is 0 Å². The van der Waals surface area contributed by atoms with Gasteiger partial charge in [-0.1, -0.05) is 12.1 Å². The molecule has 1 aromatic heterocycles. The van der Waals surface area contributed by atoms with Crippen LogP contribution in [0.3, 0.4) is 0 Å². The molecule has 0 bridgehead atoms. The predicted octanol–water partition coefficient (Wildman–Crippen LogP) is 2.12. The highest BCUT2D eigenvalue weighted by Crippen LogP contribution is 2.21. The van der Waals surface area contributed by atoms with Crippen molar-refractivity contribution in [1.29, 1.82) is 0 Å². The Labute approximate surface area is 89.5 Å². The third kappa shape index (κ3) is 1.47. The molecule has 0 fully saturated rings. The van der Waals surface area contributed by atoms with E-state index in [0.29, 0.717) is 0 Å². The van der Waals surface area contributed by atoms with Crippen LogP contribution in [0.1, 0.15) is 11.1 Å². The minimum Gasteiger partial charge on any atom is -0.324 e. The molecule has 0 amide bonds. The van der Waals surface area contributed by atoms with E-state index < -0.39 is 0 Å². The molecule has 1 aliphatic rings. The van der Waals surface area contributed by atoms with Crippen LogP contribution in [-0.4, -0.2) is 11.1 Å². The number of fused-ring (bicyclic) bond motifs is 1. The molecule has 0 spiro atoms. The lowest BCUT2D eigenvalue weighted by Crippen LogP contribution is -2.24. The molecule has 3 rings (SSSR count). The number of rotatable bonds is 1. The zero-order valence-electron chi connectivity index (χ0n) is 8.61. The third-order valence-corrected chi connectivity index (χ3v) is 3.00. The molecule has 0 aliphatic carbocycles. The molecule has 2 heterocycles. The zero-order valence-corrected chi connectivity index (χ0v) is 8.61. The molecule has 15 heavy (non-hydrogen) atoms. The van der Waals surface area contributed by atoms with Crippen LogP contribution in [0.5, 0.6) is 0 Å². The van der Waals surface area contributed by atoms with Crippen LogP contribution in [0, 0.1) is 0 Å². The van der Waals surface area contributed by atoms with Crippen LogP contribution < -0.4 is 5.32 Å². The van der Waals surface area contributed by atoms with Crippen molar-refractivity contribution in [2.24, 2.45) is 0 Å². The van der Waals surface area contributed by atoms with Gasteiger partial charge in [0.2, 0.25) is 0 Å². The highest BCUT2D eigenvalue weighted by molar-refractivity contribution is 5.47. The molecule has 2 aromatic rings. The van der Waals surface area contributed by atoms with Crippen molar-refractivity contribution in [2.45, 2.75) is 13.0 Å². The molecule has 2 heteroatoms. The summed E-state index contributed by atoms with van der Waals surface area (Å²) in [7, 11) is 0. The Bertz CT molecular complexity index is 457. The van der Waals surface area contributed by atoms with Gasteiger partial charge in [0.1, 0.15) is 0 Å². The molecule has 1 aromatic carbocycles. The van der Waals surface area contributed by atoms with Crippen molar-refractivity contribution in [1.82, 2.24) is 9.88 Å². The fourth-order valence-corrected chi connectivity index (χ4v) is 2.25. The van der Waals surface area contributed by atoms with E-state index in [1.165, 1.54) is 16.8 Å². The fourth-order valence-electron chi connectivity index (χ4n) is 2.25. The summed E-state index contributed by atoms with van der Waals surface area (Å²) < 4.78 is 2.20. The van der Waals surface area contributed by atoms with Crippen LogP contribution in [-0.2, 0) is 13.0 Å². The normalized spacial score (nSPS) is 14.9. The summed E-state index contributed by atoms with van der Waals surface area (Å²) in [6, 6.07) is 10.7. The lowest BCUT2D eigenvalue weighted by molar-refractivity contribution is 0.641. The molecule has 1 N–H and O–H groups in total. The zero-order chi connectivity index (χ0) is 10.1. The smallest absolute Gasteiger partial charge is 0.0485 e. The maximum absolute atomic E-state index is 3.40. The molecule has 0 unspecified atom stereocenters. The maximum Gasteiger partial charge on any atom is 0.0485 e. The lowest BCUT2D eigenvalue weighted by atomic mass is 9.99. The summed E-state index contributed by atoms with van der Waals surface area (Å²) in [5, 5.41) is 3.40. The topological polar surface area (TPSA) is 17.0 Å². The van der Waals surface area contributed by atoms with E-state index in [9.17, 15) is 0 Å². The van der Waals surface area contributed by atoms with Crippen molar-refractivity contribution < 1.29 is 0 Å². The SMILES string of the molecule is c1cc2c(c(-n3cccc3)c1)CCNC2. The Balaban J connectivity index is 2.15. The minimum atomic E-state index is 1.00. The van der Waals surface area contributed by atoms with Crippen molar-refractivity contribution in [3.05, 3.63) is 53.9 Å². The highest BCUT2D eigenvalue weighted by Gasteiger charge is 2.12. The Hall–Kier alpha value is -1.54. The van der Waals surface area contributed by atoms with Gasteiger partial charge in [-0.3, -0.25) is 0 Å². The van der Waals surface area contributed by atoms with Gasteiger partial charge in [-0.25, -0.2) is 0 Å². The number of benzene rings is 1. The first-order valence-electron chi connectivity index (χ1n) is 5.40. The largest absolute Gasteiger partial charge is 0.324 e. The van der Waals surface area contributed by atoms with E-state index >= 15 is 0 Å². The fraction of sp³-hybridized carbons (Fsp3) is 0.231. The van der Waals surface area contributed by atoms with Crippen molar-refractivity contribution in [2.75, 3.05) is 6.54 Å². The molecule has 0 saturated heterocycles. The molecule has 2 nitrogen and oxygen atoms in total. The van der Waals surface area contributed by atoms with Gasteiger partial charge in [0, 0.05) is 24.6 Å². The number of nitrogens with zero attached hydrogens (tertiary/aromatic N) is 1. The highest BCUT2D eigenvalue weighted by atomic mass is 15.0. The number of nitrogens with one attached hydrogen (secondary N) is 1. The van der Waals surface area contributed by atoms with Gasteiger partial charge in [0.05, 0.1) is 0 Å². The Morgan fingerprint density at radius 1 is 1.07 bits per heavy atom. The third-order valence-electron chi connectivity index (χ3n) is 3.00. The standard InChI is InChI=1S/C13H14N2/c1-2-9-15(8-1)13-5-3-4-11-10-14-7-6-12(11)13/h1-5,8-9,14H,6-7,10H2. The summed E-state index contributed by atoms with van der Waals surface area (Å²) in [4.78, 5) is 0. The maximum atomic E-state index is 3.40. The average Bonchev–Trinajstić information content (AvgIpc) is 2.82. The van der Waals surface area contributed by atoms with E-state index in [2.05, 4.69) is 52.6 Å². The molecule has 1 aliphatic heterocycles. The van der Waals surface area contributed by atoms with E-state index in [1.54, 1.807) is 0 Å². The van der Waals surface area contributed by atoms with E-state index in [4.69, 9.17) is 0 Å². The summed E-state index contributed by atoms with van der Waals surface area (Å²) in [6.45, 7) is 2.09. The van der Waals surface area contributed by atoms with Gasteiger partial charge >= 0.3 is 0 Å². The van der Waals surface area contributed by atoms with E-state index in [0.717, 1.165) is 19.5 Å². The van der Waals surface area contributed by atoms with Gasteiger partial charge in [-0.2, -0.15) is 0 Å². The van der Waals surface area contributed by atoms with Crippen LogP contribution in [0.25, 0.3) is 5.69 Å². The Kier molecular flexibility index (Phi) is 2.07. The Morgan fingerprint density at radius 2 is 1.93 bits per heavy atom. The summed E-state index contributed by atoms with van der Waals surface area (Å²) in [5.41, 5.74) is 4.26. The molecular weight excluding hydrogens is 184 g/mol. The molecule has 76 valence electrons. The Morgan fingerprint density at radius 3 is 2.80 bits per heavy atom. The van der Waals surface area contributed by atoms with Crippen LogP contribution >= 0.6 is 0 Å². The second kappa shape index (κ2) is 3.55. The first-order chi connectivity index (χ1) is 7.45. The van der Waals surface area contributed by atoms with Crippen molar-refractivity contribution >= 4 is 0 Å². The second-order valence-corrected chi connectivity index (χ2v) is 3.93. The molecule has 0 radical (unpaired) electrons. The second-order valence-electron chi connectivity index (χ2n) is 3.93. The van der Waals surface area contributed by atoms with Gasteiger partial charge in [-0.05, 0) is 42.3 Å². The van der Waals surface area contributed by atoms with Crippen LogP contribution in [0.2, 0.25) is 0 Å². The van der Waals surface area contributed by atoms with Gasteiger partial charge < -0.3 is 9.88 Å². The van der Waals surface area contributed by atoms with Gasteiger partial charge in [0.15, 0.2) is 0 Å². The first-order valence-corrected chi connectivity index (χ1v) is 5.40. The monoisotopic (exact) mass is 198 g/mol. The molecule has 0 saturated carbocycles. The average molecular weight is 198 g/mol. The predicted molar refractivity (Wildman–Crippen MR) is 61.2 cm³/mol. The number of hydrogen-bond donors (Lipinski definition) is 1. The summed E-state index contributed by atoms with van der Waals surface area (Å²) in [6.07, 6.45) is 5.35. The summed E-state index contributed by atoms with van der Waals surface area (Å²) >= 11 is 0. The van der Waals surface area contributed by atoms with Crippen LogP contribution in [0.4, 0.5) is 0 Å². The van der Waals surface area contributed by atoms with Crippen LogP contribution in [0.15, 0.2) is 42.7 Å². The number of hydrogen-bond acceptors (Lipinski definition) is 1. The van der Waals surface area contributed by atoms with Crippen molar-refractivity contribution in [3.8, 4) is 5.69 Å². The minimum absolute atomic E-state index is 1.00. The summed E-state index contributed by atoms with van der Waals surface area (Å²) in [5.74, 6) is 0. The van der Waals surface area contributed by atoms with Gasteiger partial charge in [-0.15, -0.1) is 0 Å². The first kappa shape index (κ1) is 8.74. The van der Waals surface area contributed by atoms with Crippen molar-refractivity contribution in [3.63, 3.8) is 0 Å². The lowest BCUT2D eigenvalue weighted by Gasteiger charge is -2.20. The molecule has 0 atom stereocenters. The quantitative estimate of drug-likeness (QED) is 0.742. The molecular formula is C13H14N2. The van der Waals surface area contributed by atoms with E-state index in [-0.39, 0.29) is 0 Å². The number of aromatic nitrogens is 1. The van der Waals surface area contributed by atoms with Gasteiger partial charge in [0.25, 0.3) is 0 Å².